The van der Waals surface area contributed by atoms with Crippen LogP contribution in [0, 0.1) is 5.41 Å². The van der Waals surface area contributed by atoms with Crippen LogP contribution in [0.2, 0.25) is 0 Å². The first-order chi connectivity index (χ1) is 11.2. The quantitative estimate of drug-likeness (QED) is 0.759. The zero-order valence-electron chi connectivity index (χ0n) is 14.5. The second-order valence-electron chi connectivity index (χ2n) is 7.95. The van der Waals surface area contributed by atoms with E-state index in [1.807, 2.05) is 26.2 Å². The summed E-state index contributed by atoms with van der Waals surface area (Å²) in [4.78, 5) is 16.6. The lowest BCUT2D eigenvalue weighted by molar-refractivity contribution is -0.202. The van der Waals surface area contributed by atoms with E-state index in [2.05, 4.69) is 26.2 Å². The van der Waals surface area contributed by atoms with Crippen molar-refractivity contribution in [2.45, 2.75) is 57.7 Å². The topological polar surface area (TPSA) is 60.5 Å². The molecule has 2 fully saturated rings. The molecule has 7 heteroatoms. The van der Waals surface area contributed by atoms with Crippen LogP contribution in [0.25, 0.3) is 0 Å². The van der Waals surface area contributed by atoms with E-state index in [0.29, 0.717) is 5.41 Å². The van der Waals surface area contributed by atoms with Gasteiger partial charge in [0.05, 0.1) is 0 Å². The molecule has 1 aliphatic heterocycles. The Morgan fingerprint density at radius 3 is 2.58 bits per heavy atom. The van der Waals surface area contributed by atoms with E-state index < -0.39 is 11.2 Å². The molecule has 24 heavy (non-hydrogen) atoms. The van der Waals surface area contributed by atoms with Gasteiger partial charge in [-0.1, -0.05) is 0 Å². The van der Waals surface area contributed by atoms with Crippen LogP contribution in [0.4, 0.5) is 0 Å². The van der Waals surface area contributed by atoms with Gasteiger partial charge in [-0.2, -0.15) is 0 Å². The van der Waals surface area contributed by atoms with Gasteiger partial charge >= 0.3 is 5.97 Å². The first-order valence-electron chi connectivity index (χ1n) is 8.40. The predicted octanol–water partition coefficient (Wildman–Crippen LogP) is 3.62. The molecule has 0 bridgehead atoms. The summed E-state index contributed by atoms with van der Waals surface area (Å²) in [7, 11) is 0. The summed E-state index contributed by atoms with van der Waals surface area (Å²) in [6.45, 7) is 7.69. The van der Waals surface area contributed by atoms with Crippen LogP contribution < -0.4 is 5.32 Å². The van der Waals surface area contributed by atoms with Crippen LogP contribution in [-0.2, 0) is 19.9 Å². The second kappa shape index (κ2) is 6.67. The Bertz CT molecular complexity index is 597. The normalized spacial score (nSPS) is 22.2. The molecular formula is C17H25BrN2O3S. The van der Waals surface area contributed by atoms with Crippen molar-refractivity contribution >= 4 is 33.2 Å². The van der Waals surface area contributed by atoms with Crippen molar-refractivity contribution in [3.05, 3.63) is 15.0 Å². The number of nitrogens with one attached hydrogen (secondary N) is 1. The SMILES string of the molecule is CC(C)(C)OC(=O)COC1(c2nc(Br)cs2)CC2(CCNCC2)C1. The van der Waals surface area contributed by atoms with Gasteiger partial charge < -0.3 is 14.8 Å². The smallest absolute Gasteiger partial charge is 0.332 e. The summed E-state index contributed by atoms with van der Waals surface area (Å²) < 4.78 is 12.3. The zero-order valence-corrected chi connectivity index (χ0v) is 16.9. The number of carbonyl (C=O) groups is 1. The number of ether oxygens (including phenoxy) is 2. The number of rotatable bonds is 4. The highest BCUT2D eigenvalue weighted by Gasteiger charge is 2.58. The van der Waals surface area contributed by atoms with Crippen LogP contribution in [-0.4, -0.2) is 36.3 Å². The van der Waals surface area contributed by atoms with Gasteiger partial charge in [-0.15, -0.1) is 11.3 Å². The molecule has 1 N–H and O–H groups in total. The number of nitrogens with zero attached hydrogens (tertiary/aromatic N) is 1. The summed E-state index contributed by atoms with van der Waals surface area (Å²) in [5.74, 6) is -0.316. The Labute approximate surface area is 155 Å². The Balaban J connectivity index is 1.69. The third kappa shape index (κ3) is 4.00. The summed E-state index contributed by atoms with van der Waals surface area (Å²) in [5, 5.41) is 6.35. The van der Waals surface area contributed by atoms with Crippen LogP contribution in [0.3, 0.4) is 0 Å². The van der Waals surface area contributed by atoms with Crippen molar-refractivity contribution < 1.29 is 14.3 Å². The minimum Gasteiger partial charge on any atom is -0.458 e. The van der Waals surface area contributed by atoms with Gasteiger partial charge in [0.1, 0.15) is 27.4 Å². The fourth-order valence-electron chi connectivity index (χ4n) is 3.82. The average molecular weight is 417 g/mol. The van der Waals surface area contributed by atoms with Gasteiger partial charge in [-0.05, 0) is 80.9 Å². The fraction of sp³-hybridized carbons (Fsp3) is 0.765. The molecule has 1 saturated carbocycles. The van der Waals surface area contributed by atoms with Crippen molar-refractivity contribution in [3.8, 4) is 0 Å². The predicted molar refractivity (Wildman–Crippen MR) is 97.1 cm³/mol. The number of hydrogen-bond donors (Lipinski definition) is 1. The monoisotopic (exact) mass is 416 g/mol. The molecule has 1 aliphatic carbocycles. The van der Waals surface area contributed by atoms with Crippen molar-refractivity contribution in [1.82, 2.24) is 10.3 Å². The number of hydrogen-bond acceptors (Lipinski definition) is 6. The molecular weight excluding hydrogens is 392 g/mol. The molecule has 3 rings (SSSR count). The van der Waals surface area contributed by atoms with Crippen molar-refractivity contribution in [2.75, 3.05) is 19.7 Å². The molecule has 1 aromatic heterocycles. The lowest BCUT2D eigenvalue weighted by Crippen LogP contribution is -2.55. The number of thiazole rings is 1. The van der Waals surface area contributed by atoms with E-state index >= 15 is 0 Å². The van der Waals surface area contributed by atoms with Gasteiger partial charge in [0, 0.05) is 5.38 Å². The molecule has 1 spiro atoms. The Kier molecular flexibility index (Phi) is 5.08. The van der Waals surface area contributed by atoms with Crippen molar-refractivity contribution in [3.63, 3.8) is 0 Å². The average Bonchev–Trinajstić information content (AvgIpc) is 2.89. The minimum absolute atomic E-state index is 0.0250. The van der Waals surface area contributed by atoms with E-state index in [4.69, 9.17) is 9.47 Å². The van der Waals surface area contributed by atoms with E-state index in [0.717, 1.165) is 48.4 Å². The highest BCUT2D eigenvalue weighted by atomic mass is 79.9. The van der Waals surface area contributed by atoms with Crippen molar-refractivity contribution in [2.24, 2.45) is 5.41 Å². The first kappa shape index (κ1) is 18.3. The van der Waals surface area contributed by atoms with Gasteiger partial charge in [-0.25, -0.2) is 9.78 Å². The van der Waals surface area contributed by atoms with E-state index in [1.165, 1.54) is 0 Å². The van der Waals surface area contributed by atoms with Gasteiger partial charge in [0.15, 0.2) is 0 Å². The summed E-state index contributed by atoms with van der Waals surface area (Å²) >= 11 is 5.02. The molecule has 0 radical (unpaired) electrons. The summed E-state index contributed by atoms with van der Waals surface area (Å²) in [6.07, 6.45) is 4.20. The van der Waals surface area contributed by atoms with Gasteiger partial charge in [-0.3, -0.25) is 0 Å². The van der Waals surface area contributed by atoms with Crippen molar-refractivity contribution in [1.29, 1.82) is 0 Å². The zero-order chi connectivity index (χ0) is 17.4. The number of aromatic nitrogens is 1. The van der Waals surface area contributed by atoms with Crippen LogP contribution in [0.1, 0.15) is 51.5 Å². The number of halogens is 1. The maximum atomic E-state index is 12.1. The summed E-state index contributed by atoms with van der Waals surface area (Å²) in [6, 6.07) is 0. The molecule has 2 aliphatic rings. The van der Waals surface area contributed by atoms with Crippen LogP contribution >= 0.6 is 27.3 Å². The van der Waals surface area contributed by atoms with Gasteiger partial charge in [0.2, 0.25) is 0 Å². The molecule has 0 unspecified atom stereocenters. The van der Waals surface area contributed by atoms with E-state index in [1.54, 1.807) is 11.3 Å². The van der Waals surface area contributed by atoms with Gasteiger partial charge in [0.25, 0.3) is 0 Å². The number of carbonyl (C=O) groups excluding carboxylic acids is 1. The molecule has 0 amide bonds. The molecule has 0 atom stereocenters. The standard InChI is InChI=1S/C17H25BrN2O3S/c1-15(2,3)23-13(21)8-22-17(14-20-12(18)9-24-14)10-16(11-17)4-6-19-7-5-16/h9,19H,4-8,10-11H2,1-3H3. The highest BCUT2D eigenvalue weighted by molar-refractivity contribution is 9.10. The Morgan fingerprint density at radius 1 is 1.38 bits per heavy atom. The lowest BCUT2D eigenvalue weighted by atomic mass is 9.55. The number of esters is 1. The van der Waals surface area contributed by atoms with E-state index in [-0.39, 0.29) is 12.6 Å². The highest BCUT2D eigenvalue weighted by Crippen LogP contribution is 2.60. The minimum atomic E-state index is -0.492. The maximum Gasteiger partial charge on any atom is 0.332 e. The van der Waals surface area contributed by atoms with E-state index in [9.17, 15) is 4.79 Å². The number of piperidine rings is 1. The van der Waals surface area contributed by atoms with Crippen LogP contribution in [0.15, 0.2) is 9.98 Å². The first-order valence-corrected chi connectivity index (χ1v) is 10.1. The summed E-state index contributed by atoms with van der Waals surface area (Å²) in [5.41, 5.74) is -0.601. The largest absolute Gasteiger partial charge is 0.458 e. The van der Waals surface area contributed by atoms with Crippen LogP contribution in [0.5, 0.6) is 0 Å². The third-order valence-corrected chi connectivity index (χ3v) is 6.47. The second-order valence-corrected chi connectivity index (χ2v) is 9.62. The molecule has 2 heterocycles. The molecule has 134 valence electrons. The fourth-order valence-corrected chi connectivity index (χ4v) is 5.22. The molecule has 1 saturated heterocycles. The molecule has 0 aromatic carbocycles. The Hall–Kier alpha value is -0.500. The third-order valence-electron chi connectivity index (χ3n) is 4.74. The molecule has 1 aromatic rings. The maximum absolute atomic E-state index is 12.1. The lowest BCUT2D eigenvalue weighted by Gasteiger charge is -2.56. The Morgan fingerprint density at radius 2 is 2.04 bits per heavy atom. The molecule has 5 nitrogen and oxygen atoms in total.